The Kier molecular flexibility index (Phi) is 6.80. The fraction of sp³-hybridized carbons (Fsp3) is 0.556. The standard InChI is InChI=1S/C18H24BrN3O5/c1-18(2,3)27-17(25)22-9-5-6-11(10-22)20-15(23)13-8-7-12(19)14(21-13)16(24)26-4/h7-8,11H,5-6,9-10H2,1-4H3,(H,20,23)/t11-/m0/s1. The Morgan fingerprint density at radius 3 is 2.63 bits per heavy atom. The summed E-state index contributed by atoms with van der Waals surface area (Å²) in [4.78, 5) is 42.1. The number of piperidine rings is 1. The van der Waals surface area contributed by atoms with E-state index in [0.717, 1.165) is 12.8 Å². The van der Waals surface area contributed by atoms with E-state index >= 15 is 0 Å². The first-order valence-corrected chi connectivity index (χ1v) is 9.43. The predicted molar refractivity (Wildman–Crippen MR) is 102 cm³/mol. The number of pyridine rings is 1. The van der Waals surface area contributed by atoms with Gasteiger partial charge in [0.25, 0.3) is 5.91 Å². The van der Waals surface area contributed by atoms with Gasteiger partial charge in [-0.15, -0.1) is 0 Å². The maximum Gasteiger partial charge on any atom is 0.410 e. The van der Waals surface area contributed by atoms with Crippen LogP contribution in [0.3, 0.4) is 0 Å². The van der Waals surface area contributed by atoms with Crippen molar-refractivity contribution in [2.45, 2.75) is 45.3 Å². The second kappa shape index (κ2) is 8.69. The molecule has 0 bridgehead atoms. The zero-order valence-corrected chi connectivity index (χ0v) is 17.5. The van der Waals surface area contributed by atoms with E-state index in [9.17, 15) is 14.4 Å². The molecule has 1 aromatic rings. The number of halogens is 1. The van der Waals surface area contributed by atoms with E-state index in [1.165, 1.54) is 13.2 Å². The van der Waals surface area contributed by atoms with Gasteiger partial charge in [0.05, 0.1) is 11.6 Å². The summed E-state index contributed by atoms with van der Waals surface area (Å²) >= 11 is 3.21. The van der Waals surface area contributed by atoms with Gasteiger partial charge in [-0.25, -0.2) is 14.6 Å². The average molecular weight is 442 g/mol. The van der Waals surface area contributed by atoms with Crippen LogP contribution < -0.4 is 5.32 Å². The van der Waals surface area contributed by atoms with Crippen molar-refractivity contribution in [3.63, 3.8) is 0 Å². The molecule has 1 aromatic heterocycles. The molecule has 9 heteroatoms. The summed E-state index contributed by atoms with van der Waals surface area (Å²) in [7, 11) is 1.25. The summed E-state index contributed by atoms with van der Waals surface area (Å²) in [5.41, 5.74) is -0.434. The van der Waals surface area contributed by atoms with Gasteiger partial charge >= 0.3 is 12.1 Å². The van der Waals surface area contributed by atoms with Crippen molar-refractivity contribution in [2.75, 3.05) is 20.2 Å². The Labute approximate surface area is 166 Å². The van der Waals surface area contributed by atoms with Crippen LogP contribution in [0.15, 0.2) is 16.6 Å². The second-order valence-corrected chi connectivity index (χ2v) is 8.11. The van der Waals surface area contributed by atoms with Crippen molar-refractivity contribution in [3.8, 4) is 0 Å². The topological polar surface area (TPSA) is 97.8 Å². The number of amides is 2. The molecule has 1 saturated heterocycles. The number of nitrogens with one attached hydrogen (secondary N) is 1. The van der Waals surface area contributed by atoms with Crippen LogP contribution in [-0.4, -0.2) is 59.7 Å². The van der Waals surface area contributed by atoms with Crippen LogP contribution in [0, 0.1) is 0 Å². The Morgan fingerprint density at radius 1 is 1.30 bits per heavy atom. The normalized spacial score (nSPS) is 17.2. The number of nitrogens with zero attached hydrogens (tertiary/aromatic N) is 2. The number of esters is 1. The average Bonchev–Trinajstić information content (AvgIpc) is 2.60. The predicted octanol–water partition coefficient (Wildman–Crippen LogP) is 2.76. The number of methoxy groups -OCH3 is 1. The van der Waals surface area contributed by atoms with E-state index in [1.807, 2.05) is 20.8 Å². The number of likely N-dealkylation sites (tertiary alicyclic amines) is 1. The van der Waals surface area contributed by atoms with E-state index < -0.39 is 23.6 Å². The molecule has 1 aliphatic heterocycles. The van der Waals surface area contributed by atoms with E-state index in [4.69, 9.17) is 4.74 Å². The molecule has 0 aromatic carbocycles. The SMILES string of the molecule is COC(=O)c1nc(C(=O)N[C@H]2CCCN(C(=O)OC(C)(C)C)C2)ccc1Br. The zero-order valence-electron chi connectivity index (χ0n) is 15.9. The molecule has 27 heavy (non-hydrogen) atoms. The summed E-state index contributed by atoms with van der Waals surface area (Å²) < 4.78 is 10.5. The van der Waals surface area contributed by atoms with Gasteiger partial charge in [-0.1, -0.05) is 0 Å². The van der Waals surface area contributed by atoms with Crippen LogP contribution in [-0.2, 0) is 9.47 Å². The minimum atomic E-state index is -0.634. The highest BCUT2D eigenvalue weighted by Crippen LogP contribution is 2.18. The van der Waals surface area contributed by atoms with Crippen molar-refractivity contribution >= 4 is 33.9 Å². The van der Waals surface area contributed by atoms with E-state index in [-0.39, 0.29) is 17.4 Å². The highest BCUT2D eigenvalue weighted by molar-refractivity contribution is 9.10. The van der Waals surface area contributed by atoms with Crippen LogP contribution in [0.1, 0.15) is 54.6 Å². The number of hydrogen-bond acceptors (Lipinski definition) is 6. The van der Waals surface area contributed by atoms with Gasteiger partial charge < -0.3 is 19.7 Å². The minimum absolute atomic E-state index is 0.0316. The van der Waals surface area contributed by atoms with E-state index in [2.05, 4.69) is 31.0 Å². The van der Waals surface area contributed by atoms with Gasteiger partial charge in [-0.2, -0.15) is 0 Å². The third kappa shape index (κ3) is 5.92. The van der Waals surface area contributed by atoms with Crippen molar-refractivity contribution < 1.29 is 23.9 Å². The molecular formula is C18H24BrN3O5. The van der Waals surface area contributed by atoms with Crippen LogP contribution in [0.5, 0.6) is 0 Å². The van der Waals surface area contributed by atoms with E-state index in [0.29, 0.717) is 17.6 Å². The van der Waals surface area contributed by atoms with Gasteiger partial charge in [-0.05, 0) is 61.7 Å². The molecule has 1 fully saturated rings. The van der Waals surface area contributed by atoms with Crippen molar-refractivity contribution in [2.24, 2.45) is 0 Å². The van der Waals surface area contributed by atoms with Crippen molar-refractivity contribution in [3.05, 3.63) is 28.0 Å². The minimum Gasteiger partial charge on any atom is -0.464 e. The van der Waals surface area contributed by atoms with E-state index in [1.54, 1.807) is 11.0 Å². The molecule has 2 amide bonds. The first-order chi connectivity index (χ1) is 12.6. The van der Waals surface area contributed by atoms with Crippen molar-refractivity contribution in [1.29, 1.82) is 0 Å². The summed E-state index contributed by atoms with van der Waals surface area (Å²) in [5, 5.41) is 2.87. The molecule has 0 spiro atoms. The second-order valence-electron chi connectivity index (χ2n) is 7.26. The van der Waals surface area contributed by atoms with Gasteiger partial charge in [-0.3, -0.25) is 4.79 Å². The molecular weight excluding hydrogens is 418 g/mol. The Balaban J connectivity index is 2.03. The maximum absolute atomic E-state index is 12.5. The van der Waals surface area contributed by atoms with Gasteiger partial charge in [0.2, 0.25) is 0 Å². The summed E-state index contributed by atoms with van der Waals surface area (Å²) in [5.74, 6) is -1.05. The Bertz CT molecular complexity index is 732. The third-order valence-corrected chi connectivity index (χ3v) is 4.51. The zero-order chi connectivity index (χ0) is 20.2. The molecule has 2 heterocycles. The summed E-state index contributed by atoms with van der Waals surface area (Å²) in [6, 6.07) is 2.87. The molecule has 1 N–H and O–H groups in total. The van der Waals surface area contributed by atoms with Gasteiger partial charge in [0.1, 0.15) is 11.3 Å². The van der Waals surface area contributed by atoms with Crippen LogP contribution in [0.25, 0.3) is 0 Å². The number of aromatic nitrogens is 1. The monoisotopic (exact) mass is 441 g/mol. The highest BCUT2D eigenvalue weighted by Gasteiger charge is 2.29. The van der Waals surface area contributed by atoms with Gasteiger partial charge in [0.15, 0.2) is 5.69 Å². The molecule has 2 rings (SSSR count). The molecule has 0 saturated carbocycles. The lowest BCUT2D eigenvalue weighted by Gasteiger charge is -2.34. The quantitative estimate of drug-likeness (QED) is 0.724. The molecule has 0 unspecified atom stereocenters. The fourth-order valence-corrected chi connectivity index (χ4v) is 3.04. The van der Waals surface area contributed by atoms with Gasteiger partial charge in [0, 0.05) is 19.1 Å². The fourth-order valence-electron chi connectivity index (χ4n) is 2.66. The first kappa shape index (κ1) is 21.1. The summed E-state index contributed by atoms with van der Waals surface area (Å²) in [6.07, 6.45) is 1.10. The smallest absolute Gasteiger partial charge is 0.410 e. The highest BCUT2D eigenvalue weighted by atomic mass is 79.9. The van der Waals surface area contributed by atoms with Crippen LogP contribution in [0.2, 0.25) is 0 Å². The van der Waals surface area contributed by atoms with Crippen LogP contribution in [0.4, 0.5) is 4.79 Å². The number of carbonyl (C=O) groups is 3. The number of ether oxygens (including phenoxy) is 2. The lowest BCUT2D eigenvalue weighted by Crippen LogP contribution is -2.50. The largest absolute Gasteiger partial charge is 0.464 e. The molecule has 0 aliphatic carbocycles. The lowest BCUT2D eigenvalue weighted by molar-refractivity contribution is 0.0185. The maximum atomic E-state index is 12.5. The molecule has 8 nitrogen and oxygen atoms in total. The first-order valence-electron chi connectivity index (χ1n) is 8.64. The Morgan fingerprint density at radius 2 is 2.00 bits per heavy atom. The van der Waals surface area contributed by atoms with Crippen LogP contribution >= 0.6 is 15.9 Å². The Hall–Kier alpha value is -2.16. The number of hydrogen-bond donors (Lipinski definition) is 1. The third-order valence-electron chi connectivity index (χ3n) is 3.87. The molecule has 148 valence electrons. The lowest BCUT2D eigenvalue weighted by atomic mass is 10.1. The molecule has 0 radical (unpaired) electrons. The number of carbonyl (C=O) groups excluding carboxylic acids is 3. The summed E-state index contributed by atoms with van der Waals surface area (Å²) in [6.45, 7) is 6.38. The number of rotatable bonds is 3. The van der Waals surface area contributed by atoms with Crippen molar-refractivity contribution in [1.82, 2.24) is 15.2 Å². The molecule has 1 atom stereocenters. The molecule has 1 aliphatic rings.